The standard InChI is InChI=1S/C30H32FN2O3/c1-22-6-5-9-27(18-22)32(19-23-10-12-26(31)13-11-23)30(35)36-29-21-33(16-14-25(29)15-17-33)20-28(34)24-7-3-2-4-8-24/h2-13,18,25,29H,14-17,19-21H2,1H3/q+1/t25?,29-,33?/m0/s1. The summed E-state index contributed by atoms with van der Waals surface area (Å²) in [5.74, 6) is 0.138. The number of ether oxygens (including phenoxy) is 1. The van der Waals surface area contributed by atoms with Crippen LogP contribution in [0.2, 0.25) is 0 Å². The lowest BCUT2D eigenvalue weighted by molar-refractivity contribution is -0.938. The van der Waals surface area contributed by atoms with E-state index in [0.29, 0.717) is 23.5 Å². The molecule has 3 aliphatic rings. The van der Waals surface area contributed by atoms with Gasteiger partial charge in [0.1, 0.15) is 18.9 Å². The Morgan fingerprint density at radius 3 is 2.39 bits per heavy atom. The maximum absolute atomic E-state index is 13.6. The van der Waals surface area contributed by atoms with Crippen molar-refractivity contribution in [1.82, 2.24) is 0 Å². The first kappa shape index (κ1) is 24.2. The van der Waals surface area contributed by atoms with Crippen LogP contribution in [0, 0.1) is 18.7 Å². The molecule has 0 aliphatic carbocycles. The number of piperidine rings is 3. The lowest BCUT2D eigenvalue weighted by Gasteiger charge is -2.51. The summed E-state index contributed by atoms with van der Waals surface area (Å²) in [5.41, 5.74) is 3.34. The molecule has 6 rings (SSSR count). The SMILES string of the molecule is Cc1cccc(N(Cc2ccc(F)cc2)C(=O)O[C@H]2C[N+]3(CC(=O)c4ccccc4)CCC2CC3)c1. The number of aryl methyl sites for hydroxylation is 1. The second kappa shape index (κ2) is 10.2. The second-order valence-corrected chi connectivity index (χ2v) is 10.2. The highest BCUT2D eigenvalue weighted by Crippen LogP contribution is 2.36. The summed E-state index contributed by atoms with van der Waals surface area (Å²) >= 11 is 0. The van der Waals surface area contributed by atoms with Crippen molar-refractivity contribution in [2.24, 2.45) is 5.92 Å². The summed E-state index contributed by atoms with van der Waals surface area (Å²) in [6, 6.07) is 23.3. The Kier molecular flexibility index (Phi) is 6.88. The van der Waals surface area contributed by atoms with Gasteiger partial charge in [-0.15, -0.1) is 0 Å². The molecule has 3 aliphatic heterocycles. The molecule has 36 heavy (non-hydrogen) atoms. The molecule has 0 radical (unpaired) electrons. The second-order valence-electron chi connectivity index (χ2n) is 10.2. The third-order valence-corrected chi connectivity index (χ3v) is 7.66. The lowest BCUT2D eigenvalue weighted by Crippen LogP contribution is -2.66. The van der Waals surface area contributed by atoms with Gasteiger partial charge in [0.2, 0.25) is 5.78 Å². The number of Topliss-reactive ketones (excluding diaryl/α,β-unsaturated/α-hetero) is 1. The smallest absolute Gasteiger partial charge is 0.415 e. The zero-order chi connectivity index (χ0) is 25.1. The van der Waals surface area contributed by atoms with Crippen molar-refractivity contribution in [3.8, 4) is 0 Å². The number of halogens is 1. The summed E-state index contributed by atoms with van der Waals surface area (Å²) in [7, 11) is 0. The molecule has 0 N–H and O–H groups in total. The van der Waals surface area contributed by atoms with Crippen molar-refractivity contribution in [2.75, 3.05) is 31.1 Å². The van der Waals surface area contributed by atoms with E-state index in [1.165, 1.54) is 12.1 Å². The van der Waals surface area contributed by atoms with Gasteiger partial charge in [0.05, 0.1) is 19.6 Å². The normalized spacial score (nSPS) is 22.7. The Morgan fingerprint density at radius 2 is 1.69 bits per heavy atom. The average molecular weight is 488 g/mol. The maximum Gasteiger partial charge on any atom is 0.415 e. The number of amides is 1. The molecule has 2 bridgehead atoms. The van der Waals surface area contributed by atoms with Crippen LogP contribution < -0.4 is 4.90 Å². The molecule has 186 valence electrons. The number of ketones is 1. The number of nitrogens with zero attached hydrogens (tertiary/aromatic N) is 2. The van der Waals surface area contributed by atoms with Gasteiger partial charge in [0.15, 0.2) is 6.10 Å². The highest BCUT2D eigenvalue weighted by atomic mass is 19.1. The monoisotopic (exact) mass is 487 g/mol. The number of fused-ring (bicyclic) bond motifs is 3. The van der Waals surface area contributed by atoms with E-state index >= 15 is 0 Å². The van der Waals surface area contributed by atoms with Crippen LogP contribution in [0.4, 0.5) is 14.9 Å². The molecule has 3 aromatic carbocycles. The third-order valence-electron chi connectivity index (χ3n) is 7.66. The molecule has 3 fully saturated rings. The molecule has 0 unspecified atom stereocenters. The van der Waals surface area contributed by atoms with Crippen LogP contribution in [0.3, 0.4) is 0 Å². The number of quaternary nitrogens is 1. The quantitative estimate of drug-likeness (QED) is 0.314. The summed E-state index contributed by atoms with van der Waals surface area (Å²) < 4.78 is 20.3. The Labute approximate surface area is 211 Å². The first-order valence-electron chi connectivity index (χ1n) is 12.6. The molecule has 6 heteroatoms. The molecule has 3 saturated heterocycles. The highest BCUT2D eigenvalue weighted by molar-refractivity contribution is 5.97. The van der Waals surface area contributed by atoms with Crippen LogP contribution in [-0.4, -0.2) is 48.6 Å². The van der Waals surface area contributed by atoms with Crippen LogP contribution in [0.1, 0.15) is 34.3 Å². The average Bonchev–Trinajstić information content (AvgIpc) is 2.89. The first-order chi connectivity index (χ1) is 17.4. The van der Waals surface area contributed by atoms with Crippen molar-refractivity contribution in [3.63, 3.8) is 0 Å². The van der Waals surface area contributed by atoms with Crippen LogP contribution in [0.5, 0.6) is 0 Å². The molecule has 3 heterocycles. The lowest BCUT2D eigenvalue weighted by atomic mass is 9.83. The number of anilines is 1. The number of hydrogen-bond acceptors (Lipinski definition) is 3. The predicted octanol–water partition coefficient (Wildman–Crippen LogP) is 5.77. The van der Waals surface area contributed by atoms with Crippen LogP contribution in [0.15, 0.2) is 78.9 Å². The van der Waals surface area contributed by atoms with E-state index in [2.05, 4.69) is 0 Å². The van der Waals surface area contributed by atoms with E-state index in [0.717, 1.165) is 48.3 Å². The van der Waals surface area contributed by atoms with Gasteiger partial charge >= 0.3 is 6.09 Å². The van der Waals surface area contributed by atoms with Crippen LogP contribution in [-0.2, 0) is 11.3 Å². The Bertz CT molecular complexity index is 1220. The minimum atomic E-state index is -0.406. The van der Waals surface area contributed by atoms with Gasteiger partial charge in [0, 0.05) is 30.0 Å². The zero-order valence-corrected chi connectivity index (χ0v) is 20.6. The van der Waals surface area contributed by atoms with Gasteiger partial charge < -0.3 is 9.22 Å². The van der Waals surface area contributed by atoms with E-state index in [1.54, 1.807) is 17.0 Å². The van der Waals surface area contributed by atoms with Gasteiger partial charge in [-0.05, 0) is 42.3 Å². The van der Waals surface area contributed by atoms with Crippen LogP contribution >= 0.6 is 0 Å². The van der Waals surface area contributed by atoms with Gasteiger partial charge in [-0.25, -0.2) is 9.18 Å². The third kappa shape index (κ3) is 5.34. The van der Waals surface area contributed by atoms with E-state index < -0.39 is 6.09 Å². The van der Waals surface area contributed by atoms with Crippen molar-refractivity contribution in [3.05, 3.63) is 101 Å². The molecule has 1 atom stereocenters. The molecular weight excluding hydrogens is 455 g/mol. The molecular formula is C30H32FN2O3+. The largest absolute Gasteiger partial charge is 0.440 e. The fraction of sp³-hybridized carbons (Fsp3) is 0.333. The fourth-order valence-electron chi connectivity index (χ4n) is 5.62. The molecule has 1 amide bonds. The maximum atomic E-state index is 13.6. The fourth-order valence-corrected chi connectivity index (χ4v) is 5.62. The summed E-state index contributed by atoms with van der Waals surface area (Å²) in [5, 5.41) is 0. The van der Waals surface area contributed by atoms with Crippen molar-refractivity contribution >= 4 is 17.6 Å². The first-order valence-corrected chi connectivity index (χ1v) is 12.6. The van der Waals surface area contributed by atoms with Gasteiger partial charge in [-0.2, -0.15) is 0 Å². The Hall–Kier alpha value is -3.51. The molecule has 0 spiro atoms. The number of benzene rings is 3. The Balaban J connectivity index is 1.33. The van der Waals surface area contributed by atoms with Crippen molar-refractivity contribution in [1.29, 1.82) is 0 Å². The summed E-state index contributed by atoms with van der Waals surface area (Å²) in [4.78, 5) is 28.2. The minimum absolute atomic E-state index is 0.138. The van der Waals surface area contributed by atoms with Crippen molar-refractivity contribution < 1.29 is 23.2 Å². The van der Waals surface area contributed by atoms with Gasteiger partial charge in [0.25, 0.3) is 0 Å². The van der Waals surface area contributed by atoms with Crippen molar-refractivity contribution in [2.45, 2.75) is 32.4 Å². The Morgan fingerprint density at radius 1 is 0.972 bits per heavy atom. The number of carbonyl (C=O) groups excluding carboxylic acids is 2. The van der Waals surface area contributed by atoms with E-state index in [4.69, 9.17) is 4.74 Å². The number of hydrogen-bond donors (Lipinski definition) is 0. The molecule has 5 nitrogen and oxygen atoms in total. The predicted molar refractivity (Wildman–Crippen MR) is 137 cm³/mol. The van der Waals surface area contributed by atoms with Gasteiger partial charge in [-0.1, -0.05) is 54.6 Å². The minimum Gasteiger partial charge on any atom is -0.440 e. The highest BCUT2D eigenvalue weighted by Gasteiger charge is 2.48. The molecule has 0 aromatic heterocycles. The summed E-state index contributed by atoms with van der Waals surface area (Å²) in [6.45, 7) is 5.24. The van der Waals surface area contributed by atoms with Crippen LogP contribution in [0.25, 0.3) is 0 Å². The number of carbonyl (C=O) groups is 2. The zero-order valence-electron chi connectivity index (χ0n) is 20.6. The van der Waals surface area contributed by atoms with E-state index in [-0.39, 0.29) is 24.2 Å². The van der Waals surface area contributed by atoms with E-state index in [9.17, 15) is 14.0 Å². The topological polar surface area (TPSA) is 46.6 Å². The summed E-state index contributed by atoms with van der Waals surface area (Å²) in [6.07, 6.45) is 1.26. The molecule has 3 aromatic rings. The molecule has 0 saturated carbocycles. The number of rotatable bonds is 7. The van der Waals surface area contributed by atoms with Gasteiger partial charge in [-0.3, -0.25) is 9.69 Å². The van der Waals surface area contributed by atoms with E-state index in [1.807, 2.05) is 61.5 Å².